The van der Waals surface area contributed by atoms with Gasteiger partial charge in [0.25, 0.3) is 15.9 Å². The third kappa shape index (κ3) is 4.00. The van der Waals surface area contributed by atoms with Crippen LogP contribution >= 0.6 is 12.2 Å². The van der Waals surface area contributed by atoms with Crippen molar-refractivity contribution in [3.05, 3.63) is 30.6 Å². The number of rotatable bonds is 6. The van der Waals surface area contributed by atoms with Crippen LogP contribution in [0.15, 0.2) is 35.5 Å². The van der Waals surface area contributed by atoms with Crippen LogP contribution in [0, 0.1) is 0 Å². The standard InChI is InChI=1S/C13H15N5O4S2/c1-21-10-11(15-7-16-12(10)22-2)18-24(19,20)9-5-3-8(4-6-9)17-13(14)23/h3-7H,1-2H3,(H3,14,17,23)(H,15,16,18). The normalized spacial score (nSPS) is 10.8. The Balaban J connectivity index is 2.30. The third-order valence-electron chi connectivity index (χ3n) is 2.83. The van der Waals surface area contributed by atoms with Crippen molar-refractivity contribution in [2.45, 2.75) is 4.90 Å². The lowest BCUT2D eigenvalue weighted by Gasteiger charge is -2.12. The second kappa shape index (κ2) is 7.27. The molecular formula is C13H15N5O4S2. The fourth-order valence-electron chi connectivity index (χ4n) is 1.81. The van der Waals surface area contributed by atoms with Gasteiger partial charge in [-0.2, -0.15) is 4.98 Å². The van der Waals surface area contributed by atoms with Crippen molar-refractivity contribution in [3.8, 4) is 11.6 Å². The van der Waals surface area contributed by atoms with Gasteiger partial charge < -0.3 is 20.5 Å². The Hall–Kier alpha value is -2.66. The minimum Gasteiger partial charge on any atom is -0.489 e. The zero-order chi connectivity index (χ0) is 17.7. The first kappa shape index (κ1) is 17.7. The Morgan fingerprint density at radius 1 is 1.17 bits per heavy atom. The summed E-state index contributed by atoms with van der Waals surface area (Å²) in [4.78, 5) is 7.74. The van der Waals surface area contributed by atoms with Gasteiger partial charge in [0.2, 0.25) is 5.75 Å². The third-order valence-corrected chi connectivity index (χ3v) is 4.29. The molecule has 0 aliphatic carbocycles. The Bertz CT molecular complexity index is 840. The maximum atomic E-state index is 12.5. The van der Waals surface area contributed by atoms with Gasteiger partial charge in [-0.1, -0.05) is 0 Å². The SMILES string of the molecule is COc1ncnc(NS(=O)(=O)c2ccc(NC(N)=S)cc2)c1OC. The van der Waals surface area contributed by atoms with Crippen molar-refractivity contribution in [2.75, 3.05) is 24.3 Å². The van der Waals surface area contributed by atoms with E-state index in [1.54, 1.807) is 0 Å². The highest BCUT2D eigenvalue weighted by Gasteiger charge is 2.20. The van der Waals surface area contributed by atoms with Crippen LogP contribution in [-0.4, -0.2) is 37.7 Å². The molecule has 0 saturated carbocycles. The van der Waals surface area contributed by atoms with Gasteiger partial charge >= 0.3 is 0 Å². The second-order valence-electron chi connectivity index (χ2n) is 4.38. The van der Waals surface area contributed by atoms with Crippen molar-refractivity contribution in [1.82, 2.24) is 9.97 Å². The van der Waals surface area contributed by atoms with Crippen LogP contribution in [0.1, 0.15) is 0 Å². The number of nitrogens with zero attached hydrogens (tertiary/aromatic N) is 2. The molecule has 4 N–H and O–H groups in total. The van der Waals surface area contributed by atoms with E-state index in [0.29, 0.717) is 5.69 Å². The van der Waals surface area contributed by atoms with Crippen LogP contribution in [-0.2, 0) is 10.0 Å². The van der Waals surface area contributed by atoms with Crippen molar-refractivity contribution < 1.29 is 17.9 Å². The van der Waals surface area contributed by atoms with Crippen LogP contribution in [0.25, 0.3) is 0 Å². The first-order chi connectivity index (χ1) is 11.4. The van der Waals surface area contributed by atoms with E-state index in [9.17, 15) is 8.42 Å². The van der Waals surface area contributed by atoms with E-state index in [0.717, 1.165) is 6.33 Å². The molecule has 0 unspecified atom stereocenters. The summed E-state index contributed by atoms with van der Waals surface area (Å²) in [5, 5.41) is 2.79. The Labute approximate surface area is 144 Å². The molecule has 1 heterocycles. The van der Waals surface area contributed by atoms with Crippen molar-refractivity contribution in [2.24, 2.45) is 5.73 Å². The quantitative estimate of drug-likeness (QED) is 0.637. The zero-order valence-corrected chi connectivity index (χ0v) is 14.4. The number of aromatic nitrogens is 2. The highest BCUT2D eigenvalue weighted by atomic mass is 32.2. The fourth-order valence-corrected chi connectivity index (χ4v) is 2.94. The molecule has 0 aliphatic heterocycles. The average molecular weight is 369 g/mol. The van der Waals surface area contributed by atoms with E-state index < -0.39 is 10.0 Å². The fraction of sp³-hybridized carbons (Fsp3) is 0.154. The zero-order valence-electron chi connectivity index (χ0n) is 12.8. The largest absolute Gasteiger partial charge is 0.489 e. The molecule has 0 fully saturated rings. The molecule has 0 bridgehead atoms. The number of benzene rings is 1. The average Bonchev–Trinajstić information content (AvgIpc) is 2.54. The number of anilines is 2. The summed E-state index contributed by atoms with van der Waals surface area (Å²) in [6.45, 7) is 0. The molecule has 0 radical (unpaired) electrons. The lowest BCUT2D eigenvalue weighted by atomic mass is 10.3. The van der Waals surface area contributed by atoms with E-state index in [-0.39, 0.29) is 27.5 Å². The predicted octanol–water partition coefficient (Wildman–Crippen LogP) is 0.950. The van der Waals surface area contributed by atoms with Gasteiger partial charge in [-0.25, -0.2) is 13.4 Å². The maximum Gasteiger partial charge on any atom is 0.263 e. The Kier molecular flexibility index (Phi) is 5.36. The van der Waals surface area contributed by atoms with E-state index in [4.69, 9.17) is 27.4 Å². The molecule has 2 rings (SSSR count). The van der Waals surface area contributed by atoms with Crippen LogP contribution in [0.2, 0.25) is 0 Å². The molecule has 1 aromatic carbocycles. The lowest BCUT2D eigenvalue weighted by molar-refractivity contribution is 0.342. The molecule has 0 aliphatic rings. The van der Waals surface area contributed by atoms with Gasteiger partial charge in [-0.05, 0) is 36.5 Å². The van der Waals surface area contributed by atoms with Gasteiger partial charge in [0.15, 0.2) is 10.9 Å². The first-order valence-corrected chi connectivity index (χ1v) is 8.39. The number of methoxy groups -OCH3 is 2. The van der Waals surface area contributed by atoms with Crippen LogP contribution in [0.4, 0.5) is 11.5 Å². The molecule has 0 atom stereocenters. The minimum atomic E-state index is -3.88. The minimum absolute atomic E-state index is 0.0237. The second-order valence-corrected chi connectivity index (χ2v) is 6.51. The lowest BCUT2D eigenvalue weighted by Crippen LogP contribution is -2.19. The first-order valence-electron chi connectivity index (χ1n) is 6.49. The summed E-state index contributed by atoms with van der Waals surface area (Å²) < 4.78 is 37.4. The number of ether oxygens (including phenoxy) is 2. The van der Waals surface area contributed by atoms with Gasteiger partial charge in [0.05, 0.1) is 19.1 Å². The Morgan fingerprint density at radius 3 is 2.38 bits per heavy atom. The predicted molar refractivity (Wildman–Crippen MR) is 92.8 cm³/mol. The molecule has 2 aromatic rings. The van der Waals surface area contributed by atoms with Crippen molar-refractivity contribution in [3.63, 3.8) is 0 Å². The molecule has 1 aromatic heterocycles. The Morgan fingerprint density at radius 2 is 1.83 bits per heavy atom. The summed E-state index contributed by atoms with van der Waals surface area (Å²) in [6.07, 6.45) is 1.16. The van der Waals surface area contributed by atoms with Crippen LogP contribution in [0.3, 0.4) is 0 Å². The molecule has 9 nitrogen and oxygen atoms in total. The number of hydrogen-bond acceptors (Lipinski definition) is 7. The molecule has 0 saturated heterocycles. The highest BCUT2D eigenvalue weighted by Crippen LogP contribution is 2.32. The van der Waals surface area contributed by atoms with Crippen LogP contribution < -0.4 is 25.2 Å². The molecule has 0 spiro atoms. The van der Waals surface area contributed by atoms with E-state index in [2.05, 4.69) is 20.0 Å². The number of nitrogens with one attached hydrogen (secondary N) is 2. The number of thiocarbonyl (C=S) groups is 1. The van der Waals surface area contributed by atoms with Gasteiger partial charge in [0.1, 0.15) is 6.33 Å². The summed E-state index contributed by atoms with van der Waals surface area (Å²) in [6, 6.07) is 5.86. The molecule has 11 heteroatoms. The number of sulfonamides is 1. The van der Waals surface area contributed by atoms with Gasteiger partial charge in [-0.3, -0.25) is 4.72 Å². The maximum absolute atomic E-state index is 12.5. The smallest absolute Gasteiger partial charge is 0.263 e. The number of nitrogens with two attached hydrogens (primary N) is 1. The summed E-state index contributed by atoms with van der Waals surface area (Å²) in [5.41, 5.74) is 5.93. The summed E-state index contributed by atoms with van der Waals surface area (Å²) in [7, 11) is -1.14. The molecule has 24 heavy (non-hydrogen) atoms. The van der Waals surface area contributed by atoms with Gasteiger partial charge in [0, 0.05) is 5.69 Å². The van der Waals surface area contributed by atoms with E-state index >= 15 is 0 Å². The molecule has 0 amide bonds. The van der Waals surface area contributed by atoms with Crippen molar-refractivity contribution in [1.29, 1.82) is 0 Å². The summed E-state index contributed by atoms with van der Waals surface area (Å²) >= 11 is 4.72. The monoisotopic (exact) mass is 369 g/mol. The number of hydrogen-bond donors (Lipinski definition) is 3. The molecular weight excluding hydrogens is 354 g/mol. The topological polar surface area (TPSA) is 128 Å². The van der Waals surface area contributed by atoms with Crippen molar-refractivity contribution >= 4 is 38.9 Å². The molecule has 128 valence electrons. The highest BCUT2D eigenvalue weighted by molar-refractivity contribution is 7.92. The van der Waals surface area contributed by atoms with Gasteiger partial charge in [-0.15, -0.1) is 0 Å². The van der Waals surface area contributed by atoms with E-state index in [1.807, 2.05) is 0 Å². The summed E-state index contributed by atoms with van der Waals surface area (Å²) in [5.74, 6) is 0.159. The van der Waals surface area contributed by atoms with Crippen LogP contribution in [0.5, 0.6) is 11.6 Å². The van der Waals surface area contributed by atoms with E-state index in [1.165, 1.54) is 38.5 Å².